The molecule has 0 radical (unpaired) electrons. The van der Waals surface area contributed by atoms with Crippen molar-refractivity contribution < 1.29 is 13.6 Å². The van der Waals surface area contributed by atoms with E-state index in [4.69, 9.17) is 5.73 Å². The Morgan fingerprint density at radius 3 is 2.65 bits per heavy atom. The van der Waals surface area contributed by atoms with Crippen LogP contribution in [0, 0.1) is 11.6 Å². The highest BCUT2D eigenvalue weighted by Gasteiger charge is 2.19. The average molecular weight is 237 g/mol. The molecule has 0 bridgehead atoms. The molecule has 0 aliphatic heterocycles. The molecule has 0 aliphatic rings. The van der Waals surface area contributed by atoms with Crippen LogP contribution in [0.5, 0.6) is 0 Å². The van der Waals surface area contributed by atoms with Gasteiger partial charge in [0.2, 0.25) is 5.78 Å². The molecule has 0 unspecified atom stereocenters. The number of benzene rings is 1. The Labute approximate surface area is 95.7 Å². The summed E-state index contributed by atoms with van der Waals surface area (Å²) in [5, 5.41) is 3.77. The number of hydrogen-bond donors (Lipinski definition) is 1. The topological polar surface area (TPSA) is 60.9 Å². The Kier molecular flexibility index (Phi) is 2.63. The molecule has 1 aromatic carbocycles. The molecular formula is C11H9F2N3O. The van der Waals surface area contributed by atoms with Crippen molar-refractivity contribution in [2.45, 2.75) is 0 Å². The first kappa shape index (κ1) is 11.3. The Balaban J connectivity index is 2.51. The highest BCUT2D eigenvalue weighted by Crippen LogP contribution is 2.18. The molecule has 2 N–H and O–H groups in total. The Morgan fingerprint density at radius 2 is 2.06 bits per heavy atom. The predicted octanol–water partition coefficient (Wildman–Crippen LogP) is 1.51. The summed E-state index contributed by atoms with van der Waals surface area (Å²) in [6.07, 6.45) is 1.22. The Bertz CT molecular complexity index is 592. The zero-order chi connectivity index (χ0) is 12.6. The molecule has 0 saturated carbocycles. The number of carbonyl (C=O) groups excluding carboxylic acids is 1. The standard InChI is InChI=1S/C11H9F2N3O/c1-16-11(14)8(5-15-16)10(17)7-4-6(12)2-3-9(7)13/h2-5H,14H2,1H3. The number of nitrogens with two attached hydrogens (primary N) is 1. The fourth-order valence-corrected chi connectivity index (χ4v) is 1.44. The second-order valence-electron chi connectivity index (χ2n) is 3.52. The van der Waals surface area contributed by atoms with E-state index in [9.17, 15) is 13.6 Å². The van der Waals surface area contributed by atoms with Crippen molar-refractivity contribution in [3.63, 3.8) is 0 Å². The Morgan fingerprint density at radius 1 is 1.35 bits per heavy atom. The van der Waals surface area contributed by atoms with E-state index in [0.717, 1.165) is 18.2 Å². The highest BCUT2D eigenvalue weighted by atomic mass is 19.1. The number of ketones is 1. The molecule has 0 saturated heterocycles. The minimum atomic E-state index is -0.792. The van der Waals surface area contributed by atoms with Gasteiger partial charge in [-0.3, -0.25) is 9.48 Å². The van der Waals surface area contributed by atoms with Crippen LogP contribution in [0.3, 0.4) is 0 Å². The van der Waals surface area contributed by atoms with Crippen LogP contribution in [0.4, 0.5) is 14.6 Å². The normalized spacial score (nSPS) is 10.5. The average Bonchev–Trinajstić information content (AvgIpc) is 2.62. The summed E-state index contributed by atoms with van der Waals surface area (Å²) in [5.41, 5.74) is 5.29. The molecular weight excluding hydrogens is 228 g/mol. The van der Waals surface area contributed by atoms with E-state index < -0.39 is 17.4 Å². The van der Waals surface area contributed by atoms with Gasteiger partial charge in [-0.25, -0.2) is 8.78 Å². The lowest BCUT2D eigenvalue weighted by Gasteiger charge is -2.02. The first-order chi connectivity index (χ1) is 8.00. The van der Waals surface area contributed by atoms with Crippen LogP contribution >= 0.6 is 0 Å². The maximum atomic E-state index is 13.4. The smallest absolute Gasteiger partial charge is 0.201 e. The van der Waals surface area contributed by atoms with Crippen LogP contribution in [-0.4, -0.2) is 15.6 Å². The third kappa shape index (κ3) is 1.89. The molecule has 0 fully saturated rings. The fraction of sp³-hybridized carbons (Fsp3) is 0.0909. The van der Waals surface area contributed by atoms with E-state index in [1.807, 2.05) is 0 Å². The lowest BCUT2D eigenvalue weighted by atomic mass is 10.1. The predicted molar refractivity (Wildman–Crippen MR) is 57.4 cm³/mol. The van der Waals surface area contributed by atoms with E-state index in [2.05, 4.69) is 5.10 Å². The van der Waals surface area contributed by atoms with Crippen molar-refractivity contribution in [2.24, 2.45) is 7.05 Å². The van der Waals surface area contributed by atoms with Crippen LogP contribution in [0.25, 0.3) is 0 Å². The molecule has 1 aromatic heterocycles. The number of halogens is 2. The third-order valence-corrected chi connectivity index (χ3v) is 2.40. The van der Waals surface area contributed by atoms with Crippen molar-refractivity contribution in [3.05, 3.63) is 47.2 Å². The third-order valence-electron chi connectivity index (χ3n) is 2.40. The summed E-state index contributed by atoms with van der Waals surface area (Å²) in [5.74, 6) is -2.05. The van der Waals surface area contributed by atoms with Gasteiger partial charge in [-0.15, -0.1) is 0 Å². The van der Waals surface area contributed by atoms with Gasteiger partial charge in [0.05, 0.1) is 17.3 Å². The second kappa shape index (κ2) is 3.97. The molecule has 0 spiro atoms. The second-order valence-corrected chi connectivity index (χ2v) is 3.52. The highest BCUT2D eigenvalue weighted by molar-refractivity contribution is 6.11. The van der Waals surface area contributed by atoms with Crippen LogP contribution in [0.1, 0.15) is 15.9 Å². The zero-order valence-corrected chi connectivity index (χ0v) is 8.95. The summed E-state index contributed by atoms with van der Waals surface area (Å²) in [7, 11) is 1.55. The summed E-state index contributed by atoms with van der Waals surface area (Å²) in [4.78, 5) is 11.9. The van der Waals surface area contributed by atoms with Gasteiger partial charge in [0.15, 0.2) is 0 Å². The van der Waals surface area contributed by atoms with Crippen molar-refractivity contribution in [3.8, 4) is 0 Å². The number of aromatic nitrogens is 2. The molecule has 88 valence electrons. The van der Waals surface area contributed by atoms with Crippen LogP contribution in [-0.2, 0) is 7.05 Å². The number of hydrogen-bond acceptors (Lipinski definition) is 3. The number of carbonyl (C=O) groups is 1. The largest absolute Gasteiger partial charge is 0.383 e. The van der Waals surface area contributed by atoms with Gasteiger partial charge in [0, 0.05) is 7.05 Å². The molecule has 0 aliphatic carbocycles. The molecule has 6 heteroatoms. The molecule has 0 atom stereocenters. The summed E-state index contributed by atoms with van der Waals surface area (Å²) in [6.45, 7) is 0. The number of nitrogen functional groups attached to an aromatic ring is 1. The quantitative estimate of drug-likeness (QED) is 0.805. The Hall–Kier alpha value is -2.24. The van der Waals surface area contributed by atoms with Gasteiger partial charge < -0.3 is 5.73 Å². The molecule has 17 heavy (non-hydrogen) atoms. The number of anilines is 1. The first-order valence-electron chi connectivity index (χ1n) is 4.78. The van der Waals surface area contributed by atoms with Gasteiger partial charge in [-0.1, -0.05) is 0 Å². The fourth-order valence-electron chi connectivity index (χ4n) is 1.44. The molecule has 2 rings (SSSR count). The lowest BCUT2D eigenvalue weighted by molar-refractivity contribution is 0.103. The number of nitrogens with zero attached hydrogens (tertiary/aromatic N) is 2. The van der Waals surface area contributed by atoms with Gasteiger partial charge in [-0.2, -0.15) is 5.10 Å². The van der Waals surface area contributed by atoms with Crippen LogP contribution in [0.15, 0.2) is 24.4 Å². The van der Waals surface area contributed by atoms with E-state index in [1.165, 1.54) is 10.9 Å². The van der Waals surface area contributed by atoms with Gasteiger partial charge in [0.25, 0.3) is 0 Å². The van der Waals surface area contributed by atoms with Gasteiger partial charge in [0.1, 0.15) is 17.5 Å². The number of rotatable bonds is 2. The van der Waals surface area contributed by atoms with Gasteiger partial charge >= 0.3 is 0 Å². The monoisotopic (exact) mass is 237 g/mol. The molecule has 4 nitrogen and oxygen atoms in total. The minimum Gasteiger partial charge on any atom is -0.383 e. The van der Waals surface area contributed by atoms with Crippen molar-refractivity contribution >= 4 is 11.6 Å². The van der Waals surface area contributed by atoms with Crippen molar-refractivity contribution in [1.29, 1.82) is 0 Å². The lowest BCUT2D eigenvalue weighted by Crippen LogP contribution is -2.08. The first-order valence-corrected chi connectivity index (χ1v) is 4.78. The van der Waals surface area contributed by atoms with Crippen LogP contribution in [0.2, 0.25) is 0 Å². The van der Waals surface area contributed by atoms with E-state index in [-0.39, 0.29) is 16.9 Å². The van der Waals surface area contributed by atoms with Crippen molar-refractivity contribution in [1.82, 2.24) is 9.78 Å². The maximum Gasteiger partial charge on any atom is 0.201 e. The van der Waals surface area contributed by atoms with Crippen molar-refractivity contribution in [2.75, 3.05) is 5.73 Å². The zero-order valence-electron chi connectivity index (χ0n) is 8.95. The van der Waals surface area contributed by atoms with E-state index >= 15 is 0 Å². The minimum absolute atomic E-state index is 0.0528. The maximum absolute atomic E-state index is 13.4. The summed E-state index contributed by atoms with van der Waals surface area (Å²) in [6, 6.07) is 2.68. The summed E-state index contributed by atoms with van der Waals surface area (Å²) < 4.78 is 27.6. The molecule has 2 aromatic rings. The SMILES string of the molecule is Cn1ncc(C(=O)c2cc(F)ccc2F)c1N. The van der Waals surface area contributed by atoms with Gasteiger partial charge in [-0.05, 0) is 18.2 Å². The molecule has 0 amide bonds. The summed E-state index contributed by atoms with van der Waals surface area (Å²) >= 11 is 0. The van der Waals surface area contributed by atoms with Crippen LogP contribution < -0.4 is 5.73 Å². The van der Waals surface area contributed by atoms with E-state index in [1.54, 1.807) is 7.05 Å². The molecule has 1 heterocycles. The van der Waals surface area contributed by atoms with E-state index in [0.29, 0.717) is 0 Å². The number of aryl methyl sites for hydroxylation is 1.